The van der Waals surface area contributed by atoms with Crippen LogP contribution in [0.25, 0.3) is 0 Å². The zero-order valence-corrected chi connectivity index (χ0v) is 11.3. The van der Waals surface area contributed by atoms with Crippen LogP contribution in [0, 0.1) is 0 Å². The SMILES string of the molecule is CCc1cc(=O)c(CNC(=O)I)c(OC)[nH]1. The Labute approximate surface area is 107 Å². The molecule has 2 N–H and O–H groups in total. The van der Waals surface area contributed by atoms with Crippen LogP contribution in [0.5, 0.6) is 5.88 Å². The van der Waals surface area contributed by atoms with Crippen molar-refractivity contribution in [3.8, 4) is 5.88 Å². The van der Waals surface area contributed by atoms with Crippen LogP contribution in [0.3, 0.4) is 0 Å². The monoisotopic (exact) mass is 336 g/mol. The van der Waals surface area contributed by atoms with E-state index in [9.17, 15) is 9.59 Å². The standard InChI is InChI=1S/C10H13IN2O3/c1-3-6-4-8(14)7(5-12-10(11)15)9(13-6)16-2/h4H,3,5H2,1-2H3,(H,12,15)(H,13,14). The Morgan fingerprint density at radius 3 is 2.81 bits per heavy atom. The van der Waals surface area contributed by atoms with Crippen molar-refractivity contribution in [2.45, 2.75) is 19.9 Å². The molecule has 16 heavy (non-hydrogen) atoms. The van der Waals surface area contributed by atoms with Crippen molar-refractivity contribution in [3.63, 3.8) is 0 Å². The summed E-state index contributed by atoms with van der Waals surface area (Å²) >= 11 is 1.62. The number of nitrogens with one attached hydrogen (secondary N) is 2. The van der Waals surface area contributed by atoms with Crippen LogP contribution in [-0.4, -0.2) is 16.0 Å². The number of halogens is 1. The number of pyridine rings is 1. The Morgan fingerprint density at radius 2 is 2.31 bits per heavy atom. The van der Waals surface area contributed by atoms with Crippen LogP contribution in [0.1, 0.15) is 18.2 Å². The molecule has 0 saturated heterocycles. The van der Waals surface area contributed by atoms with Gasteiger partial charge in [-0.3, -0.25) is 9.59 Å². The van der Waals surface area contributed by atoms with Gasteiger partial charge in [0.25, 0.3) is 3.91 Å². The molecule has 0 radical (unpaired) electrons. The van der Waals surface area contributed by atoms with Crippen molar-refractivity contribution >= 4 is 26.5 Å². The van der Waals surface area contributed by atoms with E-state index in [4.69, 9.17) is 4.74 Å². The number of ether oxygens (including phenoxy) is 1. The van der Waals surface area contributed by atoms with Gasteiger partial charge in [-0.1, -0.05) is 6.92 Å². The number of aromatic nitrogens is 1. The second kappa shape index (κ2) is 5.88. The normalized spacial score (nSPS) is 9.94. The number of amides is 1. The van der Waals surface area contributed by atoms with E-state index in [1.54, 1.807) is 22.6 Å². The second-order valence-corrected chi connectivity index (χ2v) is 4.13. The lowest BCUT2D eigenvalue weighted by atomic mass is 10.2. The lowest BCUT2D eigenvalue weighted by Crippen LogP contribution is -2.22. The highest BCUT2D eigenvalue weighted by atomic mass is 127. The predicted octanol–water partition coefficient (Wildman–Crippen LogP) is 1.59. The van der Waals surface area contributed by atoms with Gasteiger partial charge >= 0.3 is 0 Å². The molecule has 5 nitrogen and oxygen atoms in total. The highest BCUT2D eigenvalue weighted by Crippen LogP contribution is 2.11. The van der Waals surface area contributed by atoms with Crippen molar-refractivity contribution in [2.75, 3.05) is 7.11 Å². The maximum absolute atomic E-state index is 11.7. The largest absolute Gasteiger partial charge is 0.482 e. The average molecular weight is 336 g/mol. The quantitative estimate of drug-likeness (QED) is 0.498. The van der Waals surface area contributed by atoms with Crippen molar-refractivity contribution in [1.29, 1.82) is 0 Å². The number of methoxy groups -OCH3 is 1. The lowest BCUT2D eigenvalue weighted by Gasteiger charge is -2.09. The van der Waals surface area contributed by atoms with Crippen LogP contribution < -0.4 is 15.5 Å². The summed E-state index contributed by atoms with van der Waals surface area (Å²) in [6.07, 6.45) is 0.727. The number of aryl methyl sites for hydroxylation is 1. The number of rotatable bonds is 4. The molecular formula is C10H13IN2O3. The number of hydrogen-bond acceptors (Lipinski definition) is 3. The third-order valence-corrected chi connectivity index (χ3v) is 2.52. The van der Waals surface area contributed by atoms with E-state index in [2.05, 4.69) is 10.3 Å². The zero-order chi connectivity index (χ0) is 12.1. The van der Waals surface area contributed by atoms with Crippen molar-refractivity contribution < 1.29 is 9.53 Å². The molecule has 0 aliphatic carbocycles. The molecule has 88 valence electrons. The van der Waals surface area contributed by atoms with Gasteiger partial charge in [-0.2, -0.15) is 0 Å². The van der Waals surface area contributed by atoms with E-state index < -0.39 is 0 Å². The fourth-order valence-electron chi connectivity index (χ4n) is 1.30. The van der Waals surface area contributed by atoms with Crippen LogP contribution in [0.15, 0.2) is 10.9 Å². The number of carbonyl (C=O) groups excluding carboxylic acids is 1. The van der Waals surface area contributed by atoms with Gasteiger partial charge in [-0.15, -0.1) is 0 Å². The van der Waals surface area contributed by atoms with E-state index in [0.717, 1.165) is 12.1 Å². The summed E-state index contributed by atoms with van der Waals surface area (Å²) in [6.45, 7) is 2.11. The lowest BCUT2D eigenvalue weighted by molar-refractivity contribution is 0.262. The Balaban J connectivity index is 3.06. The smallest absolute Gasteiger partial charge is 0.280 e. The summed E-state index contributed by atoms with van der Waals surface area (Å²) in [5, 5.41) is 2.56. The Morgan fingerprint density at radius 1 is 1.62 bits per heavy atom. The van der Waals surface area contributed by atoms with Crippen LogP contribution in [0.2, 0.25) is 0 Å². The van der Waals surface area contributed by atoms with Crippen molar-refractivity contribution in [2.24, 2.45) is 0 Å². The Hall–Kier alpha value is -1.05. The topological polar surface area (TPSA) is 71.2 Å². The first kappa shape index (κ1) is 13.0. The molecule has 6 heteroatoms. The van der Waals surface area contributed by atoms with Crippen molar-refractivity contribution in [3.05, 3.63) is 27.5 Å². The number of carbonyl (C=O) groups is 1. The summed E-state index contributed by atoms with van der Waals surface area (Å²) in [6, 6.07) is 1.53. The van der Waals surface area contributed by atoms with E-state index in [1.165, 1.54) is 13.2 Å². The fraction of sp³-hybridized carbons (Fsp3) is 0.400. The third kappa shape index (κ3) is 3.22. The minimum atomic E-state index is -0.210. The highest BCUT2D eigenvalue weighted by Gasteiger charge is 2.10. The van der Waals surface area contributed by atoms with Gasteiger partial charge < -0.3 is 15.0 Å². The first-order valence-corrected chi connectivity index (χ1v) is 5.88. The third-order valence-electron chi connectivity index (χ3n) is 2.14. The molecular weight excluding hydrogens is 323 g/mol. The molecule has 0 spiro atoms. The highest BCUT2D eigenvalue weighted by molar-refractivity contribution is 14.1. The van der Waals surface area contributed by atoms with Gasteiger partial charge in [-0.25, -0.2) is 0 Å². The van der Waals surface area contributed by atoms with Gasteiger partial charge in [0, 0.05) is 34.4 Å². The summed E-state index contributed by atoms with van der Waals surface area (Å²) in [5.41, 5.74) is 1.12. The van der Waals surface area contributed by atoms with Crippen LogP contribution in [-0.2, 0) is 13.0 Å². The summed E-state index contributed by atoms with van der Waals surface area (Å²) in [7, 11) is 1.49. The molecule has 1 heterocycles. The fourth-order valence-corrected chi connectivity index (χ4v) is 1.50. The van der Waals surface area contributed by atoms with Gasteiger partial charge in [0.05, 0.1) is 19.2 Å². The minimum absolute atomic E-state index is 0.127. The van der Waals surface area contributed by atoms with Gasteiger partial charge in [0.1, 0.15) is 0 Å². The molecule has 1 aromatic heterocycles. The maximum Gasteiger partial charge on any atom is 0.280 e. The predicted molar refractivity (Wildman–Crippen MR) is 69.2 cm³/mol. The van der Waals surface area contributed by atoms with Gasteiger partial charge in [-0.05, 0) is 6.42 Å². The zero-order valence-electron chi connectivity index (χ0n) is 9.09. The molecule has 0 aromatic carbocycles. The molecule has 0 bridgehead atoms. The second-order valence-electron chi connectivity index (χ2n) is 3.15. The maximum atomic E-state index is 11.7. The number of H-pyrrole nitrogens is 1. The summed E-state index contributed by atoms with van der Waals surface area (Å²) < 4.78 is 4.88. The van der Waals surface area contributed by atoms with E-state index in [1.807, 2.05) is 6.92 Å². The summed E-state index contributed by atoms with van der Waals surface area (Å²) in [4.78, 5) is 25.5. The van der Waals surface area contributed by atoms with Gasteiger partial charge in [0.2, 0.25) is 0 Å². The molecule has 0 fully saturated rings. The Kier molecular flexibility index (Phi) is 4.78. The average Bonchev–Trinajstić information content (AvgIpc) is 2.26. The first-order chi connectivity index (χ1) is 7.58. The van der Waals surface area contributed by atoms with E-state index in [0.29, 0.717) is 11.4 Å². The van der Waals surface area contributed by atoms with Gasteiger partial charge in [0.15, 0.2) is 11.3 Å². The van der Waals surface area contributed by atoms with E-state index in [-0.39, 0.29) is 15.9 Å². The number of aromatic amines is 1. The Bertz CT molecular complexity index is 442. The van der Waals surface area contributed by atoms with E-state index >= 15 is 0 Å². The minimum Gasteiger partial charge on any atom is -0.482 e. The molecule has 1 rings (SSSR count). The van der Waals surface area contributed by atoms with Crippen molar-refractivity contribution in [1.82, 2.24) is 10.3 Å². The molecule has 1 amide bonds. The first-order valence-electron chi connectivity index (χ1n) is 4.80. The van der Waals surface area contributed by atoms with Crippen LogP contribution >= 0.6 is 22.6 Å². The van der Waals surface area contributed by atoms with Crippen LogP contribution in [0.4, 0.5) is 4.79 Å². The molecule has 0 atom stereocenters. The molecule has 0 aliphatic heterocycles. The molecule has 0 saturated carbocycles. The summed E-state index contributed by atoms with van der Waals surface area (Å²) in [5.74, 6) is 0.412. The molecule has 0 aliphatic rings. The number of hydrogen-bond donors (Lipinski definition) is 2. The molecule has 1 aromatic rings. The molecule has 0 unspecified atom stereocenters.